The van der Waals surface area contributed by atoms with Crippen molar-refractivity contribution in [1.82, 2.24) is 14.7 Å². The van der Waals surface area contributed by atoms with Crippen molar-refractivity contribution in [1.29, 1.82) is 0 Å². The van der Waals surface area contributed by atoms with E-state index in [0.717, 1.165) is 18.4 Å². The Labute approximate surface area is 211 Å². The molecule has 202 valence electrons. The molecule has 4 N–H and O–H groups in total. The van der Waals surface area contributed by atoms with E-state index in [9.17, 15) is 36.4 Å². The Morgan fingerprint density at radius 3 is 2.24 bits per heavy atom. The van der Waals surface area contributed by atoms with Gasteiger partial charge in [-0.25, -0.2) is 13.9 Å². The number of benzene rings is 2. The predicted molar refractivity (Wildman–Crippen MR) is 126 cm³/mol. The lowest BCUT2D eigenvalue weighted by Gasteiger charge is -2.37. The first-order valence-corrected chi connectivity index (χ1v) is 13.0. The van der Waals surface area contributed by atoms with Gasteiger partial charge in [-0.2, -0.15) is 17.5 Å². The molecular weight excluding hydrogens is 517 g/mol. The van der Waals surface area contributed by atoms with Crippen LogP contribution in [0.1, 0.15) is 27.0 Å². The Kier molecular flexibility index (Phi) is 8.79. The predicted octanol–water partition coefficient (Wildman–Crippen LogP) is 1.38. The van der Waals surface area contributed by atoms with Gasteiger partial charge in [-0.3, -0.25) is 19.7 Å². The number of hydroxylamine groups is 1. The number of sulfonamides is 1. The second-order valence-electron chi connectivity index (χ2n) is 8.56. The average Bonchev–Trinajstić information content (AvgIpc) is 2.84. The molecule has 0 aromatic heterocycles. The maximum Gasteiger partial charge on any atom is 0.416 e. The number of ether oxygens (including phenoxy) is 1. The van der Waals surface area contributed by atoms with E-state index in [1.54, 1.807) is 10.4 Å². The van der Waals surface area contributed by atoms with Gasteiger partial charge < -0.3 is 10.5 Å². The van der Waals surface area contributed by atoms with Crippen LogP contribution in [-0.2, 0) is 34.0 Å². The smallest absolute Gasteiger partial charge is 0.416 e. The third kappa shape index (κ3) is 7.41. The molecule has 1 aliphatic rings. The van der Waals surface area contributed by atoms with Crippen molar-refractivity contribution >= 4 is 21.8 Å². The van der Waals surface area contributed by atoms with Crippen molar-refractivity contribution < 1.29 is 41.1 Å². The minimum atomic E-state index is -4.45. The molecule has 0 radical (unpaired) electrons. The van der Waals surface area contributed by atoms with Crippen molar-refractivity contribution in [2.45, 2.75) is 25.2 Å². The van der Waals surface area contributed by atoms with Gasteiger partial charge in [0.25, 0.3) is 5.91 Å². The summed E-state index contributed by atoms with van der Waals surface area (Å²) in [6, 6.07) is 7.90. The molecule has 0 saturated carbocycles. The highest BCUT2D eigenvalue weighted by Gasteiger charge is 2.33. The zero-order valence-electron chi connectivity index (χ0n) is 19.9. The van der Waals surface area contributed by atoms with Crippen molar-refractivity contribution in [2.75, 3.05) is 32.4 Å². The summed E-state index contributed by atoms with van der Waals surface area (Å²) in [5.74, 6) is -1.22. The van der Waals surface area contributed by atoms with Gasteiger partial charge in [-0.15, -0.1) is 0 Å². The van der Waals surface area contributed by atoms with Crippen LogP contribution in [-0.4, -0.2) is 73.1 Å². The standard InChI is InChI=1S/C23H27F3N4O6S/c1-37(34,35)30-10-8-29(9-11-30)20(22(32)28-33)13-16-12-18(6-7-19(16)21(27)31)36-14-15-2-4-17(5-3-15)23(24,25)26/h2-7,12,20,33H,8-11,13-14H2,1H3,(H2,27,31)(H,28,32)/t20-/m0/s1. The molecule has 1 heterocycles. The second kappa shape index (κ2) is 11.5. The van der Waals surface area contributed by atoms with Crippen molar-refractivity contribution in [2.24, 2.45) is 5.73 Å². The Bertz CT molecular complexity index is 1230. The van der Waals surface area contributed by atoms with Crippen LogP contribution in [0.3, 0.4) is 0 Å². The number of carbonyl (C=O) groups is 2. The van der Waals surface area contributed by atoms with Gasteiger partial charge in [0.2, 0.25) is 15.9 Å². The Morgan fingerprint density at radius 1 is 1.11 bits per heavy atom. The van der Waals surface area contributed by atoms with Crippen LogP contribution < -0.4 is 16.0 Å². The van der Waals surface area contributed by atoms with E-state index in [1.807, 2.05) is 0 Å². The van der Waals surface area contributed by atoms with Crippen molar-refractivity contribution in [3.8, 4) is 5.75 Å². The molecule has 2 amide bonds. The largest absolute Gasteiger partial charge is 0.489 e. The van der Waals surface area contributed by atoms with Gasteiger partial charge in [0.1, 0.15) is 12.4 Å². The highest BCUT2D eigenvalue weighted by Crippen LogP contribution is 2.29. The van der Waals surface area contributed by atoms with Gasteiger partial charge in [0.05, 0.1) is 17.9 Å². The molecule has 1 fully saturated rings. The first-order valence-electron chi connectivity index (χ1n) is 11.1. The molecule has 2 aromatic carbocycles. The lowest BCUT2D eigenvalue weighted by Crippen LogP contribution is -2.56. The van der Waals surface area contributed by atoms with E-state index in [-0.39, 0.29) is 50.5 Å². The maximum absolute atomic E-state index is 12.8. The summed E-state index contributed by atoms with van der Waals surface area (Å²) in [4.78, 5) is 26.2. The van der Waals surface area contributed by atoms with E-state index < -0.39 is 39.6 Å². The summed E-state index contributed by atoms with van der Waals surface area (Å²) < 4.78 is 68.9. The molecule has 3 rings (SSSR count). The van der Waals surface area contributed by atoms with Gasteiger partial charge in [-0.05, 0) is 47.9 Å². The van der Waals surface area contributed by atoms with Crippen molar-refractivity contribution in [3.05, 3.63) is 64.7 Å². The minimum absolute atomic E-state index is 0.0541. The molecule has 1 atom stereocenters. The molecule has 1 aliphatic heterocycles. The summed E-state index contributed by atoms with van der Waals surface area (Å²) >= 11 is 0. The quantitative estimate of drug-likeness (QED) is 0.320. The van der Waals surface area contributed by atoms with Crippen LogP contribution in [0.15, 0.2) is 42.5 Å². The fourth-order valence-corrected chi connectivity index (χ4v) is 4.87. The zero-order valence-corrected chi connectivity index (χ0v) is 20.7. The van der Waals surface area contributed by atoms with Crippen LogP contribution in [0.5, 0.6) is 5.75 Å². The Morgan fingerprint density at radius 2 is 1.73 bits per heavy atom. The number of alkyl halides is 3. The number of carbonyl (C=O) groups excluding carboxylic acids is 2. The number of hydrogen-bond donors (Lipinski definition) is 3. The molecule has 37 heavy (non-hydrogen) atoms. The monoisotopic (exact) mass is 544 g/mol. The summed E-state index contributed by atoms with van der Waals surface area (Å²) in [6.45, 7) is 0.657. The Hall–Kier alpha value is -3.20. The van der Waals surface area contributed by atoms with Crippen LogP contribution >= 0.6 is 0 Å². The molecule has 0 spiro atoms. The fourth-order valence-electron chi connectivity index (χ4n) is 4.04. The number of nitrogens with two attached hydrogens (primary N) is 1. The fraction of sp³-hybridized carbons (Fsp3) is 0.391. The number of rotatable bonds is 9. The molecule has 2 aromatic rings. The normalized spacial score (nSPS) is 16.2. The van der Waals surface area contributed by atoms with E-state index in [2.05, 4.69) is 0 Å². The maximum atomic E-state index is 12.8. The SMILES string of the molecule is CS(=O)(=O)N1CCN([C@@H](Cc2cc(OCc3ccc(C(F)(F)F)cc3)ccc2C(N)=O)C(=O)NO)CC1. The molecule has 0 bridgehead atoms. The number of amides is 2. The summed E-state index contributed by atoms with van der Waals surface area (Å²) in [5, 5.41) is 9.29. The Balaban J connectivity index is 1.78. The number of primary amides is 1. The van der Waals surface area contributed by atoms with Gasteiger partial charge in [-0.1, -0.05) is 12.1 Å². The zero-order chi connectivity index (χ0) is 27.4. The van der Waals surface area contributed by atoms with E-state index in [1.165, 1.54) is 34.6 Å². The highest BCUT2D eigenvalue weighted by molar-refractivity contribution is 7.88. The van der Waals surface area contributed by atoms with Gasteiger partial charge in [0.15, 0.2) is 0 Å². The molecular formula is C23H27F3N4O6S. The third-order valence-electron chi connectivity index (χ3n) is 6.04. The van der Waals surface area contributed by atoms with Crippen LogP contribution in [0.2, 0.25) is 0 Å². The molecule has 10 nitrogen and oxygen atoms in total. The van der Waals surface area contributed by atoms with E-state index >= 15 is 0 Å². The highest BCUT2D eigenvalue weighted by atomic mass is 32.2. The lowest BCUT2D eigenvalue weighted by atomic mass is 9.97. The number of hydrogen-bond acceptors (Lipinski definition) is 7. The average molecular weight is 545 g/mol. The number of piperazine rings is 1. The van der Waals surface area contributed by atoms with Crippen LogP contribution in [0.25, 0.3) is 0 Å². The van der Waals surface area contributed by atoms with Crippen LogP contribution in [0, 0.1) is 0 Å². The number of nitrogens with zero attached hydrogens (tertiary/aromatic N) is 2. The van der Waals surface area contributed by atoms with E-state index in [0.29, 0.717) is 11.1 Å². The molecule has 1 saturated heterocycles. The van der Waals surface area contributed by atoms with Crippen LogP contribution in [0.4, 0.5) is 13.2 Å². The molecule has 0 aliphatic carbocycles. The number of halogens is 3. The second-order valence-corrected chi connectivity index (χ2v) is 10.5. The first kappa shape index (κ1) is 28.4. The summed E-state index contributed by atoms with van der Waals surface area (Å²) in [5.41, 5.74) is 7.27. The molecule has 14 heteroatoms. The summed E-state index contributed by atoms with van der Waals surface area (Å²) in [6.07, 6.45) is -3.41. The number of nitrogens with one attached hydrogen (secondary N) is 1. The minimum Gasteiger partial charge on any atom is -0.489 e. The third-order valence-corrected chi connectivity index (χ3v) is 7.34. The van der Waals surface area contributed by atoms with E-state index in [4.69, 9.17) is 10.5 Å². The van der Waals surface area contributed by atoms with Gasteiger partial charge >= 0.3 is 6.18 Å². The molecule has 0 unspecified atom stereocenters. The van der Waals surface area contributed by atoms with Crippen molar-refractivity contribution in [3.63, 3.8) is 0 Å². The lowest BCUT2D eigenvalue weighted by molar-refractivity contribution is -0.137. The topological polar surface area (TPSA) is 142 Å². The van der Waals surface area contributed by atoms with Gasteiger partial charge in [0, 0.05) is 31.7 Å². The summed E-state index contributed by atoms with van der Waals surface area (Å²) in [7, 11) is -3.40. The first-order chi connectivity index (χ1) is 17.3.